The van der Waals surface area contributed by atoms with Crippen LogP contribution in [-0.4, -0.2) is 37.2 Å². The summed E-state index contributed by atoms with van der Waals surface area (Å²) in [6, 6.07) is 1.51. The Morgan fingerprint density at radius 1 is 1.40 bits per heavy atom. The smallest absolute Gasteiger partial charge is 0.0625 e. The first-order chi connectivity index (χ1) is 4.79. The van der Waals surface area contributed by atoms with Crippen LogP contribution in [0.3, 0.4) is 0 Å². The lowest BCUT2D eigenvalue weighted by molar-refractivity contribution is 0.141. The molecular weight excluding hydrogens is 126 g/mol. The van der Waals surface area contributed by atoms with Gasteiger partial charge in [-0.2, -0.15) is 0 Å². The van der Waals surface area contributed by atoms with Crippen LogP contribution in [0, 0.1) is 5.92 Å². The second-order valence-corrected chi connectivity index (χ2v) is 3.62. The summed E-state index contributed by atoms with van der Waals surface area (Å²) in [5.74, 6) is 0.833. The molecular formula is C8H15NO. The van der Waals surface area contributed by atoms with Gasteiger partial charge in [0.1, 0.15) is 0 Å². The third-order valence-corrected chi connectivity index (χ3v) is 3.03. The van der Waals surface area contributed by atoms with Gasteiger partial charge in [0.05, 0.1) is 13.2 Å². The van der Waals surface area contributed by atoms with Crippen molar-refractivity contribution in [2.24, 2.45) is 5.92 Å². The molecule has 58 valence electrons. The number of fused-ring (bicyclic) bond motifs is 1. The summed E-state index contributed by atoms with van der Waals surface area (Å²) in [7, 11) is 2.21. The van der Waals surface area contributed by atoms with Crippen LogP contribution in [0.15, 0.2) is 0 Å². The van der Waals surface area contributed by atoms with Gasteiger partial charge in [0.2, 0.25) is 0 Å². The van der Waals surface area contributed by atoms with Crippen molar-refractivity contribution in [3.8, 4) is 0 Å². The van der Waals surface area contributed by atoms with Gasteiger partial charge < -0.3 is 4.74 Å². The molecule has 3 atom stereocenters. The van der Waals surface area contributed by atoms with E-state index in [9.17, 15) is 0 Å². The van der Waals surface area contributed by atoms with Gasteiger partial charge in [-0.3, -0.25) is 4.90 Å². The number of ether oxygens (including phenoxy) is 1. The number of hydrogen-bond donors (Lipinski definition) is 0. The molecule has 0 saturated carbocycles. The van der Waals surface area contributed by atoms with Crippen molar-refractivity contribution < 1.29 is 4.74 Å². The summed E-state index contributed by atoms with van der Waals surface area (Å²) in [4.78, 5) is 2.46. The Morgan fingerprint density at radius 2 is 2.20 bits per heavy atom. The van der Waals surface area contributed by atoms with Crippen LogP contribution < -0.4 is 0 Å². The molecule has 2 aliphatic heterocycles. The molecule has 0 aliphatic carbocycles. The molecule has 2 fully saturated rings. The van der Waals surface area contributed by atoms with Crippen LogP contribution in [0.25, 0.3) is 0 Å². The number of rotatable bonds is 0. The molecule has 0 spiro atoms. The van der Waals surface area contributed by atoms with Gasteiger partial charge in [-0.15, -0.1) is 0 Å². The van der Waals surface area contributed by atoms with Crippen LogP contribution in [0.1, 0.15) is 13.3 Å². The Morgan fingerprint density at radius 3 is 2.90 bits per heavy atom. The van der Waals surface area contributed by atoms with E-state index in [2.05, 4.69) is 18.9 Å². The Balaban J connectivity index is 2.09. The van der Waals surface area contributed by atoms with Crippen molar-refractivity contribution in [2.45, 2.75) is 25.4 Å². The van der Waals surface area contributed by atoms with Crippen molar-refractivity contribution in [3.05, 3.63) is 0 Å². The number of likely N-dealkylation sites (N-methyl/N-ethyl adjacent to an activating group) is 1. The van der Waals surface area contributed by atoms with Crippen LogP contribution in [0.4, 0.5) is 0 Å². The van der Waals surface area contributed by atoms with Crippen molar-refractivity contribution >= 4 is 0 Å². The second-order valence-electron chi connectivity index (χ2n) is 3.62. The number of nitrogens with zero attached hydrogens (tertiary/aromatic N) is 1. The van der Waals surface area contributed by atoms with E-state index in [-0.39, 0.29) is 0 Å². The largest absolute Gasteiger partial charge is 0.379 e. The minimum Gasteiger partial charge on any atom is -0.379 e. The minimum absolute atomic E-state index is 0.731. The van der Waals surface area contributed by atoms with E-state index in [1.807, 2.05) is 0 Å². The fourth-order valence-corrected chi connectivity index (χ4v) is 2.19. The highest BCUT2D eigenvalue weighted by Gasteiger charge is 2.40. The van der Waals surface area contributed by atoms with Crippen molar-refractivity contribution in [2.75, 3.05) is 20.3 Å². The summed E-state index contributed by atoms with van der Waals surface area (Å²) >= 11 is 0. The van der Waals surface area contributed by atoms with Crippen LogP contribution >= 0.6 is 0 Å². The molecule has 0 radical (unpaired) electrons. The van der Waals surface area contributed by atoms with Gasteiger partial charge in [0.15, 0.2) is 0 Å². The van der Waals surface area contributed by atoms with E-state index in [0.717, 1.165) is 31.2 Å². The Labute approximate surface area is 62.2 Å². The van der Waals surface area contributed by atoms with Crippen LogP contribution in [0.5, 0.6) is 0 Å². The molecule has 0 unspecified atom stereocenters. The monoisotopic (exact) mass is 141 g/mol. The Hall–Kier alpha value is -0.0800. The molecule has 0 N–H and O–H groups in total. The predicted octanol–water partition coefficient (Wildman–Crippen LogP) is 0.725. The molecule has 2 nitrogen and oxygen atoms in total. The van der Waals surface area contributed by atoms with E-state index in [1.165, 1.54) is 6.42 Å². The van der Waals surface area contributed by atoms with Gasteiger partial charge in [0.25, 0.3) is 0 Å². The van der Waals surface area contributed by atoms with Crippen molar-refractivity contribution in [1.29, 1.82) is 0 Å². The third kappa shape index (κ3) is 0.789. The average molecular weight is 141 g/mol. The van der Waals surface area contributed by atoms with Crippen LogP contribution in [-0.2, 0) is 4.74 Å². The Bertz CT molecular complexity index is 135. The lowest BCUT2D eigenvalue weighted by Crippen LogP contribution is -2.32. The van der Waals surface area contributed by atoms with E-state index in [0.29, 0.717) is 0 Å². The first-order valence-electron chi connectivity index (χ1n) is 4.08. The highest BCUT2D eigenvalue weighted by atomic mass is 16.5. The lowest BCUT2D eigenvalue weighted by atomic mass is 10.0. The molecule has 10 heavy (non-hydrogen) atoms. The highest BCUT2D eigenvalue weighted by molar-refractivity contribution is 4.92. The van der Waals surface area contributed by atoms with Gasteiger partial charge >= 0.3 is 0 Å². The minimum atomic E-state index is 0.731. The molecule has 0 aromatic heterocycles. The zero-order valence-electron chi connectivity index (χ0n) is 6.71. The predicted molar refractivity (Wildman–Crippen MR) is 39.9 cm³/mol. The molecule has 2 rings (SSSR count). The third-order valence-electron chi connectivity index (χ3n) is 3.03. The van der Waals surface area contributed by atoms with E-state index >= 15 is 0 Å². The molecule has 0 aromatic rings. The fraction of sp³-hybridized carbons (Fsp3) is 1.00. The molecule has 0 amide bonds. The molecule has 2 heterocycles. The van der Waals surface area contributed by atoms with Crippen molar-refractivity contribution in [1.82, 2.24) is 4.90 Å². The quantitative estimate of drug-likeness (QED) is 0.493. The summed E-state index contributed by atoms with van der Waals surface area (Å²) < 4.78 is 5.39. The van der Waals surface area contributed by atoms with Gasteiger partial charge in [-0.05, 0) is 20.4 Å². The maximum Gasteiger partial charge on any atom is 0.0625 e. The molecule has 0 bridgehead atoms. The normalized spacial score (nSPS) is 48.0. The summed E-state index contributed by atoms with van der Waals surface area (Å²) in [5, 5.41) is 0. The summed E-state index contributed by atoms with van der Waals surface area (Å²) in [6.45, 7) is 4.27. The average Bonchev–Trinajstić information content (AvgIpc) is 2.41. The number of likely N-dealkylation sites (tertiary alicyclic amines) is 1. The zero-order valence-corrected chi connectivity index (χ0v) is 6.71. The first kappa shape index (κ1) is 6.62. The lowest BCUT2D eigenvalue weighted by Gasteiger charge is -2.20. The molecule has 0 aromatic carbocycles. The highest BCUT2D eigenvalue weighted by Crippen LogP contribution is 2.32. The molecule has 2 saturated heterocycles. The second kappa shape index (κ2) is 2.21. The Kier molecular flexibility index (Phi) is 1.46. The summed E-state index contributed by atoms with van der Waals surface area (Å²) in [5.41, 5.74) is 0. The molecule has 2 heteroatoms. The molecule has 2 aliphatic rings. The maximum absolute atomic E-state index is 5.39. The maximum atomic E-state index is 5.39. The van der Waals surface area contributed by atoms with Gasteiger partial charge in [-0.1, -0.05) is 0 Å². The SMILES string of the molecule is C[C@@H]1C[C@H]2COC[C@H]2N1C. The van der Waals surface area contributed by atoms with E-state index < -0.39 is 0 Å². The van der Waals surface area contributed by atoms with Crippen LogP contribution in [0.2, 0.25) is 0 Å². The van der Waals surface area contributed by atoms with Crippen molar-refractivity contribution in [3.63, 3.8) is 0 Å². The van der Waals surface area contributed by atoms with E-state index in [4.69, 9.17) is 4.74 Å². The van der Waals surface area contributed by atoms with Gasteiger partial charge in [0, 0.05) is 18.0 Å². The number of hydrogen-bond acceptors (Lipinski definition) is 2. The topological polar surface area (TPSA) is 12.5 Å². The summed E-state index contributed by atoms with van der Waals surface area (Å²) in [6.07, 6.45) is 1.33. The fourth-order valence-electron chi connectivity index (χ4n) is 2.19. The first-order valence-corrected chi connectivity index (χ1v) is 4.08. The van der Waals surface area contributed by atoms with Gasteiger partial charge in [-0.25, -0.2) is 0 Å². The van der Waals surface area contributed by atoms with E-state index in [1.54, 1.807) is 0 Å². The standard InChI is InChI=1S/C8H15NO/c1-6-3-7-4-10-5-8(7)9(6)2/h6-8H,3-5H2,1-2H3/t6-,7+,8-/m1/s1. The zero-order chi connectivity index (χ0) is 7.14.